The van der Waals surface area contributed by atoms with E-state index >= 15 is 0 Å². The number of aryl methyl sites for hydroxylation is 2. The standard InChI is InChI=1S/C24H26N2O4S/c1-6-16(4)30-20-10-9-17(13-21(20)29-5)12-18-22(27)25-24(31)26(23(18)28)19-11-14(2)7-8-15(19)3/h7-13,16H,6H2,1-5H3,(H,25,27,31)/b18-12+/t16-/m1/s1. The van der Waals surface area contributed by atoms with Gasteiger partial charge in [0.2, 0.25) is 0 Å². The summed E-state index contributed by atoms with van der Waals surface area (Å²) >= 11 is 5.30. The summed E-state index contributed by atoms with van der Waals surface area (Å²) in [4.78, 5) is 27.2. The molecule has 3 rings (SSSR count). The summed E-state index contributed by atoms with van der Waals surface area (Å²) in [6.07, 6.45) is 2.43. The van der Waals surface area contributed by atoms with Gasteiger partial charge in [0, 0.05) is 0 Å². The lowest BCUT2D eigenvalue weighted by atomic mass is 10.0. The predicted molar refractivity (Wildman–Crippen MR) is 125 cm³/mol. The fourth-order valence-corrected chi connectivity index (χ4v) is 3.45. The third kappa shape index (κ3) is 4.77. The molecule has 1 heterocycles. The first-order valence-electron chi connectivity index (χ1n) is 10.1. The number of nitrogens with zero attached hydrogens (tertiary/aromatic N) is 1. The lowest BCUT2D eigenvalue weighted by Gasteiger charge is -2.30. The number of carbonyl (C=O) groups is 2. The van der Waals surface area contributed by atoms with Crippen molar-refractivity contribution in [1.29, 1.82) is 0 Å². The first-order valence-corrected chi connectivity index (χ1v) is 10.5. The molecule has 0 aromatic heterocycles. The third-order valence-corrected chi connectivity index (χ3v) is 5.39. The molecule has 1 aliphatic rings. The molecule has 2 aromatic rings. The zero-order chi connectivity index (χ0) is 22.7. The van der Waals surface area contributed by atoms with Crippen LogP contribution in [0.1, 0.15) is 37.0 Å². The molecule has 0 radical (unpaired) electrons. The molecule has 0 unspecified atom stereocenters. The summed E-state index contributed by atoms with van der Waals surface area (Å²) in [5.74, 6) is 0.133. The molecule has 7 heteroatoms. The molecule has 0 spiro atoms. The number of ether oxygens (including phenoxy) is 2. The SMILES string of the molecule is CC[C@@H](C)Oc1ccc(/C=C2\C(=O)NC(=S)N(c3cc(C)ccc3C)C2=O)cc1OC. The Kier molecular flexibility index (Phi) is 6.75. The number of hydrogen-bond donors (Lipinski definition) is 1. The minimum Gasteiger partial charge on any atom is -0.493 e. The van der Waals surface area contributed by atoms with Gasteiger partial charge in [-0.15, -0.1) is 0 Å². The van der Waals surface area contributed by atoms with E-state index in [1.165, 1.54) is 11.0 Å². The normalized spacial score (nSPS) is 16.4. The molecule has 1 saturated heterocycles. The lowest BCUT2D eigenvalue weighted by Crippen LogP contribution is -2.54. The van der Waals surface area contributed by atoms with Gasteiger partial charge in [-0.25, -0.2) is 0 Å². The summed E-state index contributed by atoms with van der Waals surface area (Å²) in [5, 5.41) is 2.69. The van der Waals surface area contributed by atoms with Gasteiger partial charge in [-0.05, 0) is 80.4 Å². The van der Waals surface area contributed by atoms with Crippen molar-refractivity contribution >= 4 is 40.9 Å². The second kappa shape index (κ2) is 9.31. The van der Waals surface area contributed by atoms with Gasteiger partial charge >= 0.3 is 0 Å². The molecule has 2 aromatic carbocycles. The van der Waals surface area contributed by atoms with Crippen LogP contribution in [0.15, 0.2) is 42.0 Å². The van der Waals surface area contributed by atoms with Crippen molar-refractivity contribution in [2.24, 2.45) is 0 Å². The topological polar surface area (TPSA) is 67.9 Å². The zero-order valence-electron chi connectivity index (χ0n) is 18.3. The first kappa shape index (κ1) is 22.5. The van der Waals surface area contributed by atoms with Crippen LogP contribution in [0, 0.1) is 13.8 Å². The van der Waals surface area contributed by atoms with Crippen LogP contribution >= 0.6 is 12.2 Å². The van der Waals surface area contributed by atoms with Crippen molar-refractivity contribution < 1.29 is 19.1 Å². The number of rotatable bonds is 6. The smallest absolute Gasteiger partial charge is 0.270 e. The Bertz CT molecular complexity index is 1080. The molecular weight excluding hydrogens is 412 g/mol. The van der Waals surface area contributed by atoms with Crippen molar-refractivity contribution in [3.8, 4) is 11.5 Å². The number of anilines is 1. The highest BCUT2D eigenvalue weighted by molar-refractivity contribution is 7.80. The molecular formula is C24H26N2O4S. The molecule has 0 bridgehead atoms. The van der Waals surface area contributed by atoms with E-state index in [0.29, 0.717) is 22.7 Å². The average molecular weight is 439 g/mol. The Morgan fingerprint density at radius 2 is 1.87 bits per heavy atom. The molecule has 6 nitrogen and oxygen atoms in total. The molecule has 1 N–H and O–H groups in total. The monoisotopic (exact) mass is 438 g/mol. The van der Waals surface area contributed by atoms with Gasteiger partial charge in [-0.2, -0.15) is 0 Å². The van der Waals surface area contributed by atoms with Crippen molar-refractivity contribution in [3.05, 3.63) is 58.7 Å². The molecule has 0 saturated carbocycles. The quantitative estimate of drug-likeness (QED) is 0.413. The van der Waals surface area contributed by atoms with Gasteiger partial charge in [-0.3, -0.25) is 19.8 Å². The first-order chi connectivity index (χ1) is 14.7. The lowest BCUT2D eigenvalue weighted by molar-refractivity contribution is -0.122. The second-order valence-electron chi connectivity index (χ2n) is 7.49. The number of amides is 2. The molecule has 2 amide bonds. The Morgan fingerprint density at radius 3 is 2.55 bits per heavy atom. The number of thiocarbonyl (C=S) groups is 1. The number of carbonyl (C=O) groups excluding carboxylic acids is 2. The van der Waals surface area contributed by atoms with E-state index in [4.69, 9.17) is 21.7 Å². The van der Waals surface area contributed by atoms with Crippen LogP contribution in [0.25, 0.3) is 6.08 Å². The summed E-state index contributed by atoms with van der Waals surface area (Å²) in [6, 6.07) is 11.0. The molecule has 1 fully saturated rings. The summed E-state index contributed by atoms with van der Waals surface area (Å²) < 4.78 is 11.3. The fraction of sp³-hybridized carbons (Fsp3) is 0.292. The number of hydrogen-bond acceptors (Lipinski definition) is 5. The highest BCUT2D eigenvalue weighted by Crippen LogP contribution is 2.31. The van der Waals surface area contributed by atoms with Crippen LogP contribution in [0.3, 0.4) is 0 Å². The van der Waals surface area contributed by atoms with E-state index < -0.39 is 11.8 Å². The molecule has 162 valence electrons. The van der Waals surface area contributed by atoms with Crippen LogP contribution in [0.5, 0.6) is 11.5 Å². The number of benzene rings is 2. The average Bonchev–Trinajstić information content (AvgIpc) is 2.74. The van der Waals surface area contributed by atoms with Gasteiger partial charge < -0.3 is 9.47 Å². The Hall–Kier alpha value is -3.19. The van der Waals surface area contributed by atoms with E-state index in [1.54, 1.807) is 25.3 Å². The van der Waals surface area contributed by atoms with Crippen LogP contribution in [-0.4, -0.2) is 30.1 Å². The Labute approximate surface area is 187 Å². The van der Waals surface area contributed by atoms with E-state index in [9.17, 15) is 9.59 Å². The van der Waals surface area contributed by atoms with Crippen LogP contribution < -0.4 is 19.7 Å². The Morgan fingerprint density at radius 1 is 1.13 bits per heavy atom. The zero-order valence-corrected chi connectivity index (χ0v) is 19.1. The molecule has 31 heavy (non-hydrogen) atoms. The van der Waals surface area contributed by atoms with Crippen molar-refractivity contribution in [1.82, 2.24) is 5.32 Å². The highest BCUT2D eigenvalue weighted by Gasteiger charge is 2.35. The second-order valence-corrected chi connectivity index (χ2v) is 7.88. The van der Waals surface area contributed by atoms with E-state index in [1.807, 2.05) is 45.9 Å². The van der Waals surface area contributed by atoms with E-state index in [2.05, 4.69) is 5.32 Å². The van der Waals surface area contributed by atoms with Gasteiger partial charge in [0.25, 0.3) is 11.8 Å². The third-order valence-electron chi connectivity index (χ3n) is 5.11. The predicted octanol–water partition coefficient (Wildman–Crippen LogP) is 4.32. The molecule has 1 atom stereocenters. The van der Waals surface area contributed by atoms with Gasteiger partial charge in [0.05, 0.1) is 18.9 Å². The maximum atomic E-state index is 13.3. The Balaban J connectivity index is 1.99. The van der Waals surface area contributed by atoms with Gasteiger partial charge in [-0.1, -0.05) is 25.1 Å². The largest absolute Gasteiger partial charge is 0.493 e. The van der Waals surface area contributed by atoms with Crippen LogP contribution in [0.4, 0.5) is 5.69 Å². The molecule has 0 aliphatic carbocycles. The van der Waals surface area contributed by atoms with Crippen LogP contribution in [0.2, 0.25) is 0 Å². The number of nitrogens with one attached hydrogen (secondary N) is 1. The highest BCUT2D eigenvalue weighted by atomic mass is 32.1. The van der Waals surface area contributed by atoms with Crippen molar-refractivity contribution in [3.63, 3.8) is 0 Å². The van der Waals surface area contributed by atoms with E-state index in [-0.39, 0.29) is 16.8 Å². The maximum Gasteiger partial charge on any atom is 0.270 e. The minimum absolute atomic E-state index is 0.00727. The summed E-state index contributed by atoms with van der Waals surface area (Å²) in [5.41, 5.74) is 3.15. The van der Waals surface area contributed by atoms with Crippen molar-refractivity contribution in [2.75, 3.05) is 12.0 Å². The summed E-state index contributed by atoms with van der Waals surface area (Å²) in [6.45, 7) is 7.84. The van der Waals surface area contributed by atoms with Crippen LogP contribution in [-0.2, 0) is 9.59 Å². The van der Waals surface area contributed by atoms with Gasteiger partial charge in [0.15, 0.2) is 16.6 Å². The van der Waals surface area contributed by atoms with Gasteiger partial charge in [0.1, 0.15) is 5.57 Å². The van der Waals surface area contributed by atoms with E-state index in [0.717, 1.165) is 17.5 Å². The number of methoxy groups -OCH3 is 1. The van der Waals surface area contributed by atoms with Crippen molar-refractivity contribution in [2.45, 2.75) is 40.2 Å². The fourth-order valence-electron chi connectivity index (χ4n) is 3.17. The maximum absolute atomic E-state index is 13.3. The summed E-state index contributed by atoms with van der Waals surface area (Å²) in [7, 11) is 1.55. The molecule has 1 aliphatic heterocycles. The minimum atomic E-state index is -0.532.